The molecule has 5 heteroatoms. The Labute approximate surface area is 161 Å². The van der Waals surface area contributed by atoms with E-state index in [9.17, 15) is 0 Å². The maximum Gasteiger partial charge on any atom is 0.135 e. The van der Waals surface area contributed by atoms with Gasteiger partial charge in [0.1, 0.15) is 11.6 Å². The zero-order valence-electron chi connectivity index (χ0n) is 16.4. The average molecular weight is 361 g/mol. The predicted molar refractivity (Wildman–Crippen MR) is 110 cm³/mol. The molecule has 0 atom stereocenters. The van der Waals surface area contributed by atoms with E-state index in [4.69, 9.17) is 4.98 Å². The zero-order chi connectivity index (χ0) is 18.9. The maximum atomic E-state index is 4.80. The topological polar surface area (TPSA) is 45.2 Å². The number of rotatable bonds is 3. The number of anilines is 1. The number of nitrogens with zero attached hydrogens (tertiary/aromatic N) is 5. The molecule has 2 aromatic heterocycles. The summed E-state index contributed by atoms with van der Waals surface area (Å²) in [4.78, 5) is 18.5. The van der Waals surface area contributed by atoms with Gasteiger partial charge in [-0.05, 0) is 29.8 Å². The Morgan fingerprint density at radius 2 is 1.74 bits per heavy atom. The Morgan fingerprint density at radius 3 is 2.52 bits per heavy atom. The standard InChI is InChI=1S/C22H27N5/c1-22(2,3)21-24-10-8-20(25-21)27-13-11-26(12-14-27)16-17-6-7-19-18(15-17)5-4-9-23-19/h4-10,15H,11-14,16H2,1-3H3. The highest BCUT2D eigenvalue weighted by Crippen LogP contribution is 2.22. The van der Waals surface area contributed by atoms with Gasteiger partial charge >= 0.3 is 0 Å². The van der Waals surface area contributed by atoms with Crippen molar-refractivity contribution in [3.8, 4) is 0 Å². The molecule has 1 aromatic carbocycles. The summed E-state index contributed by atoms with van der Waals surface area (Å²) >= 11 is 0. The highest BCUT2D eigenvalue weighted by atomic mass is 15.3. The van der Waals surface area contributed by atoms with E-state index in [1.807, 2.05) is 24.5 Å². The third kappa shape index (κ3) is 4.08. The molecule has 0 aliphatic carbocycles. The number of hydrogen-bond donors (Lipinski definition) is 0. The monoisotopic (exact) mass is 361 g/mol. The second-order valence-electron chi connectivity index (χ2n) is 8.28. The molecule has 0 unspecified atom stereocenters. The van der Waals surface area contributed by atoms with Crippen LogP contribution in [0.3, 0.4) is 0 Å². The molecular formula is C22H27N5. The molecule has 140 valence electrons. The molecule has 1 fully saturated rings. The van der Waals surface area contributed by atoms with Crippen molar-refractivity contribution in [2.75, 3.05) is 31.1 Å². The first-order valence-electron chi connectivity index (χ1n) is 9.63. The summed E-state index contributed by atoms with van der Waals surface area (Å²) in [5.41, 5.74) is 2.38. The highest BCUT2D eigenvalue weighted by Gasteiger charge is 2.21. The van der Waals surface area contributed by atoms with Crippen LogP contribution in [0.1, 0.15) is 32.2 Å². The molecule has 1 aliphatic heterocycles. The van der Waals surface area contributed by atoms with Gasteiger partial charge in [0.25, 0.3) is 0 Å². The normalized spacial score (nSPS) is 16.0. The molecule has 4 rings (SSSR count). The van der Waals surface area contributed by atoms with E-state index >= 15 is 0 Å². The lowest BCUT2D eigenvalue weighted by atomic mass is 9.96. The van der Waals surface area contributed by atoms with Crippen molar-refractivity contribution in [3.05, 3.63) is 60.2 Å². The fraction of sp³-hybridized carbons (Fsp3) is 0.409. The van der Waals surface area contributed by atoms with Gasteiger partial charge in [-0.2, -0.15) is 0 Å². The van der Waals surface area contributed by atoms with Crippen LogP contribution in [0.2, 0.25) is 0 Å². The maximum absolute atomic E-state index is 4.80. The van der Waals surface area contributed by atoms with Crippen molar-refractivity contribution in [1.29, 1.82) is 0 Å². The molecule has 0 N–H and O–H groups in total. The molecule has 1 saturated heterocycles. The summed E-state index contributed by atoms with van der Waals surface area (Å²) in [6.07, 6.45) is 3.73. The van der Waals surface area contributed by atoms with Gasteiger partial charge in [-0.1, -0.05) is 32.9 Å². The van der Waals surface area contributed by atoms with Crippen LogP contribution < -0.4 is 4.90 Å². The fourth-order valence-corrected chi connectivity index (χ4v) is 3.50. The third-order valence-electron chi connectivity index (χ3n) is 5.08. The van der Waals surface area contributed by atoms with E-state index in [-0.39, 0.29) is 5.41 Å². The first kappa shape index (κ1) is 17.9. The molecule has 27 heavy (non-hydrogen) atoms. The van der Waals surface area contributed by atoms with E-state index in [0.29, 0.717) is 0 Å². The summed E-state index contributed by atoms with van der Waals surface area (Å²) in [6, 6.07) is 12.7. The molecule has 5 nitrogen and oxygen atoms in total. The molecule has 0 spiro atoms. The number of aromatic nitrogens is 3. The summed E-state index contributed by atoms with van der Waals surface area (Å²) < 4.78 is 0. The van der Waals surface area contributed by atoms with Gasteiger partial charge in [-0.25, -0.2) is 9.97 Å². The van der Waals surface area contributed by atoms with Crippen LogP contribution in [0.15, 0.2) is 48.8 Å². The lowest BCUT2D eigenvalue weighted by Gasteiger charge is -2.35. The smallest absolute Gasteiger partial charge is 0.135 e. The average Bonchev–Trinajstić information content (AvgIpc) is 2.68. The molecule has 0 radical (unpaired) electrons. The Hall–Kier alpha value is -2.53. The fourth-order valence-electron chi connectivity index (χ4n) is 3.50. The van der Waals surface area contributed by atoms with Crippen LogP contribution in [0.4, 0.5) is 5.82 Å². The second kappa shape index (κ2) is 7.24. The first-order valence-corrected chi connectivity index (χ1v) is 9.63. The largest absolute Gasteiger partial charge is 0.354 e. The van der Waals surface area contributed by atoms with Gasteiger partial charge in [-0.3, -0.25) is 9.88 Å². The number of hydrogen-bond acceptors (Lipinski definition) is 5. The van der Waals surface area contributed by atoms with Gasteiger partial charge in [0.05, 0.1) is 5.52 Å². The zero-order valence-corrected chi connectivity index (χ0v) is 16.4. The van der Waals surface area contributed by atoms with Crippen LogP contribution >= 0.6 is 0 Å². The molecule has 1 aliphatic rings. The van der Waals surface area contributed by atoms with Crippen molar-refractivity contribution in [1.82, 2.24) is 19.9 Å². The molecule has 3 heterocycles. The quantitative estimate of drug-likeness (QED) is 0.713. The van der Waals surface area contributed by atoms with Crippen molar-refractivity contribution < 1.29 is 0 Å². The molecule has 0 amide bonds. The molecule has 0 bridgehead atoms. The van der Waals surface area contributed by atoms with E-state index in [2.05, 4.69) is 64.8 Å². The Balaban J connectivity index is 1.40. The van der Waals surface area contributed by atoms with E-state index in [0.717, 1.165) is 49.9 Å². The molecule has 0 saturated carbocycles. The van der Waals surface area contributed by atoms with Crippen molar-refractivity contribution in [2.24, 2.45) is 0 Å². The minimum absolute atomic E-state index is 0.0250. The van der Waals surface area contributed by atoms with Gasteiger partial charge < -0.3 is 4.90 Å². The van der Waals surface area contributed by atoms with Crippen LogP contribution in [0.25, 0.3) is 10.9 Å². The van der Waals surface area contributed by atoms with Crippen LogP contribution in [0, 0.1) is 0 Å². The number of pyridine rings is 1. The third-order valence-corrected chi connectivity index (χ3v) is 5.08. The summed E-state index contributed by atoms with van der Waals surface area (Å²) in [7, 11) is 0. The van der Waals surface area contributed by atoms with Gasteiger partial charge in [0.15, 0.2) is 0 Å². The highest BCUT2D eigenvalue weighted by molar-refractivity contribution is 5.78. The summed E-state index contributed by atoms with van der Waals surface area (Å²) in [5.74, 6) is 1.96. The minimum Gasteiger partial charge on any atom is -0.354 e. The number of piperazine rings is 1. The van der Waals surface area contributed by atoms with Crippen molar-refractivity contribution in [3.63, 3.8) is 0 Å². The predicted octanol–water partition coefficient (Wildman–Crippen LogP) is 3.64. The SMILES string of the molecule is CC(C)(C)c1nccc(N2CCN(Cc3ccc4ncccc4c3)CC2)n1. The van der Waals surface area contributed by atoms with Crippen LogP contribution in [0.5, 0.6) is 0 Å². The summed E-state index contributed by atoms with van der Waals surface area (Å²) in [5, 5.41) is 1.21. The number of fused-ring (bicyclic) bond motifs is 1. The van der Waals surface area contributed by atoms with Crippen LogP contribution in [-0.2, 0) is 12.0 Å². The second-order valence-corrected chi connectivity index (χ2v) is 8.28. The van der Waals surface area contributed by atoms with Crippen LogP contribution in [-0.4, -0.2) is 46.0 Å². The van der Waals surface area contributed by atoms with E-state index in [1.165, 1.54) is 10.9 Å². The summed E-state index contributed by atoms with van der Waals surface area (Å²) in [6.45, 7) is 11.5. The molecule has 3 aromatic rings. The minimum atomic E-state index is -0.0250. The van der Waals surface area contributed by atoms with Gasteiger partial charge in [0, 0.05) is 55.9 Å². The van der Waals surface area contributed by atoms with Crippen molar-refractivity contribution in [2.45, 2.75) is 32.7 Å². The lowest BCUT2D eigenvalue weighted by Crippen LogP contribution is -2.46. The van der Waals surface area contributed by atoms with E-state index in [1.54, 1.807) is 0 Å². The van der Waals surface area contributed by atoms with Gasteiger partial charge in [-0.15, -0.1) is 0 Å². The van der Waals surface area contributed by atoms with Gasteiger partial charge in [0.2, 0.25) is 0 Å². The Morgan fingerprint density at radius 1 is 0.926 bits per heavy atom. The lowest BCUT2D eigenvalue weighted by molar-refractivity contribution is 0.249. The first-order chi connectivity index (χ1) is 13.0. The molecular weight excluding hydrogens is 334 g/mol. The van der Waals surface area contributed by atoms with E-state index < -0.39 is 0 Å². The Kier molecular flexibility index (Phi) is 4.79. The number of benzene rings is 1. The van der Waals surface area contributed by atoms with Crippen molar-refractivity contribution >= 4 is 16.7 Å². The Bertz CT molecular complexity index is 923.